The first-order valence-corrected chi connectivity index (χ1v) is 10.2. The maximum absolute atomic E-state index is 12.6. The molecule has 0 aliphatic carbocycles. The summed E-state index contributed by atoms with van der Waals surface area (Å²) in [6.07, 6.45) is 2.94. The van der Waals surface area contributed by atoms with E-state index in [1.54, 1.807) is 0 Å². The van der Waals surface area contributed by atoms with E-state index in [1.807, 2.05) is 72.7 Å². The van der Waals surface area contributed by atoms with Gasteiger partial charge >= 0.3 is 0 Å². The van der Waals surface area contributed by atoms with Crippen LogP contribution in [-0.2, 0) is 16.1 Å². The Labute approximate surface area is 170 Å². The number of amides is 2. The number of hydrogen-bond acceptors (Lipinski definition) is 3. The van der Waals surface area contributed by atoms with E-state index in [2.05, 4.69) is 14.9 Å². The van der Waals surface area contributed by atoms with Crippen molar-refractivity contribution >= 4 is 22.8 Å². The molecule has 2 amide bonds. The maximum atomic E-state index is 12.6. The summed E-state index contributed by atoms with van der Waals surface area (Å²) in [5, 5.41) is 3.00. The van der Waals surface area contributed by atoms with Crippen LogP contribution in [-0.4, -0.2) is 39.4 Å². The number of rotatable bonds is 7. The topological polar surface area (TPSA) is 67.2 Å². The lowest BCUT2D eigenvalue weighted by Crippen LogP contribution is -2.34. The zero-order valence-electron chi connectivity index (χ0n) is 16.6. The molecule has 150 valence electrons. The highest BCUT2D eigenvalue weighted by atomic mass is 16.2. The highest BCUT2D eigenvalue weighted by molar-refractivity contribution is 5.89. The molecule has 2 heterocycles. The number of benzene rings is 2. The lowest BCUT2D eigenvalue weighted by molar-refractivity contribution is -0.130. The van der Waals surface area contributed by atoms with Gasteiger partial charge in [0, 0.05) is 26.1 Å². The molecule has 1 aromatic heterocycles. The Balaban J connectivity index is 1.26. The van der Waals surface area contributed by atoms with E-state index in [0.29, 0.717) is 13.1 Å². The van der Waals surface area contributed by atoms with Crippen molar-refractivity contribution in [2.45, 2.75) is 32.4 Å². The van der Waals surface area contributed by atoms with Gasteiger partial charge in [0.15, 0.2) is 0 Å². The fourth-order valence-corrected chi connectivity index (χ4v) is 3.99. The number of nitrogens with one attached hydrogen (secondary N) is 1. The van der Waals surface area contributed by atoms with Crippen LogP contribution in [0.25, 0.3) is 11.0 Å². The van der Waals surface area contributed by atoms with Gasteiger partial charge in [-0.3, -0.25) is 9.59 Å². The van der Waals surface area contributed by atoms with E-state index in [4.69, 9.17) is 0 Å². The third-order valence-electron chi connectivity index (χ3n) is 5.68. The van der Waals surface area contributed by atoms with Gasteiger partial charge in [0.2, 0.25) is 11.8 Å². The van der Waals surface area contributed by atoms with Crippen molar-refractivity contribution in [3.63, 3.8) is 0 Å². The molecule has 1 N–H and O–H groups in total. The largest absolute Gasteiger partial charge is 0.356 e. The highest BCUT2D eigenvalue weighted by Crippen LogP contribution is 2.28. The second-order valence-electron chi connectivity index (χ2n) is 7.61. The average Bonchev–Trinajstić information content (AvgIpc) is 3.35. The molecule has 1 fully saturated rings. The van der Waals surface area contributed by atoms with E-state index in [-0.39, 0.29) is 30.2 Å². The number of carbonyl (C=O) groups is 2. The van der Waals surface area contributed by atoms with Crippen LogP contribution in [0.5, 0.6) is 0 Å². The quantitative estimate of drug-likeness (QED) is 0.630. The third-order valence-corrected chi connectivity index (χ3v) is 5.68. The minimum Gasteiger partial charge on any atom is -0.356 e. The van der Waals surface area contributed by atoms with Crippen LogP contribution >= 0.6 is 0 Å². The fourth-order valence-electron chi connectivity index (χ4n) is 3.99. The molecule has 0 spiro atoms. The van der Waals surface area contributed by atoms with Gasteiger partial charge in [0.1, 0.15) is 0 Å². The molecular formula is C23H26N4O2. The van der Waals surface area contributed by atoms with Gasteiger partial charge in [-0.2, -0.15) is 0 Å². The Bertz CT molecular complexity index is 998. The summed E-state index contributed by atoms with van der Waals surface area (Å²) in [5.41, 5.74) is 3.17. The van der Waals surface area contributed by atoms with Crippen molar-refractivity contribution in [1.29, 1.82) is 0 Å². The van der Waals surface area contributed by atoms with E-state index in [9.17, 15) is 9.59 Å². The minimum absolute atomic E-state index is 0.0176. The molecular weight excluding hydrogens is 364 g/mol. The highest BCUT2D eigenvalue weighted by Gasteiger charge is 2.36. The molecule has 2 atom stereocenters. The summed E-state index contributed by atoms with van der Waals surface area (Å²) in [6.45, 7) is 3.88. The third kappa shape index (κ3) is 4.16. The average molecular weight is 390 g/mol. The van der Waals surface area contributed by atoms with Gasteiger partial charge < -0.3 is 14.8 Å². The van der Waals surface area contributed by atoms with Crippen LogP contribution in [0.4, 0.5) is 0 Å². The Kier molecular flexibility index (Phi) is 5.60. The molecule has 1 aliphatic heterocycles. The number of para-hydroxylation sites is 2. The van der Waals surface area contributed by atoms with E-state index in [0.717, 1.165) is 29.6 Å². The molecule has 29 heavy (non-hydrogen) atoms. The zero-order chi connectivity index (χ0) is 20.2. The van der Waals surface area contributed by atoms with Crippen molar-refractivity contribution in [2.24, 2.45) is 5.92 Å². The summed E-state index contributed by atoms with van der Waals surface area (Å²) in [5.74, 6) is -0.259. The van der Waals surface area contributed by atoms with Gasteiger partial charge in [-0.25, -0.2) is 4.98 Å². The smallest absolute Gasteiger partial charge is 0.225 e. The van der Waals surface area contributed by atoms with E-state index < -0.39 is 0 Å². The van der Waals surface area contributed by atoms with Gasteiger partial charge in [0.25, 0.3) is 0 Å². The van der Waals surface area contributed by atoms with Crippen molar-refractivity contribution in [3.05, 3.63) is 66.5 Å². The van der Waals surface area contributed by atoms with Crippen LogP contribution in [0.3, 0.4) is 0 Å². The van der Waals surface area contributed by atoms with Crippen LogP contribution in [0.15, 0.2) is 60.9 Å². The number of likely N-dealkylation sites (tertiary alicyclic amines) is 1. The number of aryl methyl sites for hydroxylation is 1. The molecule has 6 nitrogen and oxygen atoms in total. The maximum Gasteiger partial charge on any atom is 0.225 e. The fraction of sp³-hybridized carbons (Fsp3) is 0.348. The summed E-state index contributed by atoms with van der Waals surface area (Å²) >= 11 is 0. The number of hydrogen-bond donors (Lipinski definition) is 1. The number of carbonyl (C=O) groups excluding carboxylic acids is 2. The van der Waals surface area contributed by atoms with Gasteiger partial charge in [-0.1, -0.05) is 42.5 Å². The second kappa shape index (κ2) is 8.47. The predicted molar refractivity (Wildman–Crippen MR) is 112 cm³/mol. The Morgan fingerprint density at radius 3 is 2.76 bits per heavy atom. The molecule has 1 saturated heterocycles. The van der Waals surface area contributed by atoms with Crippen LogP contribution in [0.1, 0.15) is 31.4 Å². The first-order chi connectivity index (χ1) is 14.1. The van der Waals surface area contributed by atoms with Gasteiger partial charge in [-0.05, 0) is 31.0 Å². The summed E-state index contributed by atoms with van der Waals surface area (Å²) in [6, 6.07) is 17.9. The first-order valence-electron chi connectivity index (χ1n) is 10.2. The van der Waals surface area contributed by atoms with Gasteiger partial charge in [-0.15, -0.1) is 0 Å². The molecule has 1 aliphatic rings. The summed E-state index contributed by atoms with van der Waals surface area (Å²) in [4.78, 5) is 31.2. The van der Waals surface area contributed by atoms with E-state index >= 15 is 0 Å². The predicted octanol–water partition coefficient (Wildman–Crippen LogP) is 3.15. The van der Waals surface area contributed by atoms with Crippen molar-refractivity contribution in [1.82, 2.24) is 19.8 Å². The molecule has 0 bridgehead atoms. The molecule has 6 heteroatoms. The zero-order valence-corrected chi connectivity index (χ0v) is 16.6. The lowest BCUT2D eigenvalue weighted by Gasteiger charge is -2.25. The summed E-state index contributed by atoms with van der Waals surface area (Å²) < 4.78 is 2.10. The molecule has 0 radical (unpaired) electrons. The monoisotopic (exact) mass is 390 g/mol. The normalized spacial score (nSPS) is 17.6. The Morgan fingerprint density at radius 1 is 1.17 bits per heavy atom. The van der Waals surface area contributed by atoms with Crippen LogP contribution < -0.4 is 5.32 Å². The molecule has 3 aromatic rings. The van der Waals surface area contributed by atoms with Crippen molar-refractivity contribution < 1.29 is 9.59 Å². The molecule has 0 unspecified atom stereocenters. The number of nitrogens with zero attached hydrogens (tertiary/aromatic N) is 3. The van der Waals surface area contributed by atoms with Crippen molar-refractivity contribution in [2.75, 3.05) is 13.1 Å². The minimum atomic E-state index is -0.275. The molecule has 2 aromatic carbocycles. The Morgan fingerprint density at radius 2 is 1.93 bits per heavy atom. The number of fused-ring (bicyclic) bond motifs is 1. The first kappa shape index (κ1) is 19.2. The summed E-state index contributed by atoms with van der Waals surface area (Å²) in [7, 11) is 0. The molecule has 0 saturated carbocycles. The van der Waals surface area contributed by atoms with E-state index in [1.165, 1.54) is 0 Å². The SMILES string of the molecule is C[C@H](c1ccccc1)N1C[C@@H](C(=O)NCCCn2cnc3ccccc32)CC1=O. The second-order valence-corrected chi connectivity index (χ2v) is 7.61. The van der Waals surface area contributed by atoms with Crippen molar-refractivity contribution in [3.8, 4) is 0 Å². The number of aromatic nitrogens is 2. The van der Waals surface area contributed by atoms with Crippen LogP contribution in [0, 0.1) is 5.92 Å². The van der Waals surface area contributed by atoms with Gasteiger partial charge in [0.05, 0.1) is 29.3 Å². The number of imidazole rings is 1. The molecule has 4 rings (SSSR count). The lowest BCUT2D eigenvalue weighted by atomic mass is 10.1. The standard InChI is InChI=1S/C23H26N4O2/c1-17(18-8-3-2-4-9-18)27-15-19(14-22(27)28)23(29)24-12-7-13-26-16-25-20-10-5-6-11-21(20)26/h2-6,8-11,16-17,19H,7,12-15H2,1H3,(H,24,29)/t17-,19+/m1/s1. The van der Waals surface area contributed by atoms with Crippen LogP contribution in [0.2, 0.25) is 0 Å². The Hall–Kier alpha value is -3.15.